The minimum absolute atomic E-state index is 0. The standard InChI is InChI=1S/C53H63N5O10S.C30H33NO8.C23H32N4O3S.CH4/c1-33-44-27-41(60)17-20-45(44)57(48(33)38-13-15-40(59)16-14-38)29-36-7-18-43(19-8-36)68-26-25-66-22-21-65-23-24-67-31-47(62)56-50(53(4,5)6)52(64)58-30-42(61)28-46(58)51(63)55-34(2)37-9-11-39(12-10-37)49-35(3)54-32-69-49;1-21-27-18-25(33)8-11-28(27)31(30(21)23-4-6-24(32)7-5-23)19-22-2-9-26(10-3-22)39-17-16-37-13-12-36-14-15-38-20-29(34)35;1-13(15-6-8-16(9-7-15)19-14(2)25-12-31-19)26-21(29)18-10-17(28)11-27(18)22(30)20(24)23(3,4)5;/h7-20,27,32,34,42,46,50,59-61H,21-26,28-31H2,1-6H3,(H,55,63)(H,56,62);2-11,18,32-33H,12-17,19-20H2,1H3,(H,34,35);6-9,12-13,17-18,20,28H,10-11,24H2,1-5H3,(H,26,29);1H4/t34-,42+,46-,50+;;13-,17+,18-,20+;/m0.0./s1. The summed E-state index contributed by atoms with van der Waals surface area (Å²) < 4.78 is 48.7. The number of nitrogens with two attached hydrogens (primary N) is 1. The number of fused-ring (bicyclic) bond motifs is 2. The van der Waals surface area contributed by atoms with E-state index in [0.29, 0.717) is 78.3 Å². The molecule has 31 nitrogen and oxygen atoms in total. The van der Waals surface area contributed by atoms with Gasteiger partial charge >= 0.3 is 5.97 Å². The molecule has 2 aliphatic heterocycles. The fourth-order valence-electron chi connectivity index (χ4n) is 16.7. The van der Waals surface area contributed by atoms with E-state index in [1.807, 2.05) is 228 Å². The number of aliphatic hydroxyl groups excluding tert-OH is 2. The number of ether oxygens (including phenoxy) is 8. The number of thiazole rings is 2. The summed E-state index contributed by atoms with van der Waals surface area (Å²) in [5, 5.41) is 79.9. The molecular weight excluding hydrogens is 1830 g/mol. The lowest BCUT2D eigenvalue weighted by atomic mass is 9.85. The van der Waals surface area contributed by atoms with E-state index < -0.39 is 65.0 Å². The first-order valence-electron chi connectivity index (χ1n) is 46.5. The Balaban J connectivity index is 0.000000222. The Morgan fingerprint density at radius 2 is 0.793 bits per heavy atom. The number of phenols is 4. The third-order valence-corrected chi connectivity index (χ3v) is 26.2. The van der Waals surface area contributed by atoms with Crippen molar-refractivity contribution in [2.24, 2.45) is 16.6 Å². The van der Waals surface area contributed by atoms with Gasteiger partial charge in [0.25, 0.3) is 0 Å². The Hall–Kier alpha value is -12.6. The second-order valence-corrected chi connectivity index (χ2v) is 38.5. The number of likely N-dealkylation sites (tertiary alicyclic amines) is 2. The van der Waals surface area contributed by atoms with Gasteiger partial charge in [-0.05, 0) is 217 Å². The largest absolute Gasteiger partial charge is 0.508 e. The number of amides is 5. The molecular formula is C107H132N10O21S2. The number of hydrogen-bond donors (Lipinski definition) is 11. The first kappa shape index (κ1) is 108. The van der Waals surface area contributed by atoms with Crippen LogP contribution in [0.5, 0.6) is 34.5 Å². The molecule has 748 valence electrons. The third kappa shape index (κ3) is 29.3. The number of carboxylic acid groups (broad SMARTS) is 1. The van der Waals surface area contributed by atoms with Crippen LogP contribution in [0.1, 0.15) is 133 Å². The Morgan fingerprint density at radius 3 is 1.15 bits per heavy atom. The number of benzene rings is 8. The summed E-state index contributed by atoms with van der Waals surface area (Å²) in [5.41, 5.74) is 24.8. The lowest BCUT2D eigenvalue weighted by Crippen LogP contribution is -2.58. The molecule has 0 aliphatic carbocycles. The maximum Gasteiger partial charge on any atom is 0.329 e. The van der Waals surface area contributed by atoms with Crippen molar-refractivity contribution in [3.05, 3.63) is 238 Å². The molecule has 33 heteroatoms. The van der Waals surface area contributed by atoms with Gasteiger partial charge in [-0.2, -0.15) is 0 Å². The zero-order valence-electron chi connectivity index (χ0n) is 80.7. The number of rotatable bonds is 41. The highest BCUT2D eigenvalue weighted by atomic mass is 32.1. The van der Waals surface area contributed by atoms with E-state index in [0.717, 1.165) is 116 Å². The number of β-amino-alcohol motifs (C(OH)–C–C–N with tert-alkyl or cyclic N) is 2. The second kappa shape index (κ2) is 50.5. The Kier molecular flexibility index (Phi) is 38.9. The van der Waals surface area contributed by atoms with Crippen LogP contribution >= 0.6 is 22.7 Å². The molecule has 2 fully saturated rings. The molecule has 2 aliphatic rings. The first-order valence-corrected chi connectivity index (χ1v) is 48.2. The first-order chi connectivity index (χ1) is 66.5. The van der Waals surface area contributed by atoms with Gasteiger partial charge in [-0.15, -0.1) is 22.7 Å². The van der Waals surface area contributed by atoms with Gasteiger partial charge in [0.05, 0.1) is 140 Å². The zero-order chi connectivity index (χ0) is 99.8. The summed E-state index contributed by atoms with van der Waals surface area (Å²) in [5.74, 6) is -0.599. The lowest BCUT2D eigenvalue weighted by molar-refractivity contribution is -0.144. The molecule has 8 atom stereocenters. The SMILES string of the molecule is C.Cc1c(-c2ccc(O)cc2)n(Cc2ccc(OCCOCCOCCOCC(=O)O)cc2)c2ccc(O)cc12.Cc1ncsc1-c1ccc([C@H](C)NC(=O)[C@@H]2C[C@@H](O)CN2C(=O)[C@@H](N)C(C)(C)C)cc1.Cc1ncsc1-c1ccc([C@H](C)NC(=O)[C@@H]2C[C@@H](O)CN2C(=O)[C@@H](NC(=O)COCCOCCOCCOc2ccc(Cn3c(-c4ccc(O)cc4)c(C)c4cc(O)ccc43)cc2)C(C)(C)C)cc1. The molecule has 140 heavy (non-hydrogen) atoms. The van der Waals surface area contributed by atoms with Crippen molar-refractivity contribution in [1.29, 1.82) is 0 Å². The van der Waals surface area contributed by atoms with E-state index in [9.17, 15) is 59.4 Å². The predicted octanol–water partition coefficient (Wildman–Crippen LogP) is 15.2. The molecule has 2 saturated heterocycles. The summed E-state index contributed by atoms with van der Waals surface area (Å²) in [4.78, 5) is 90.6. The number of aromatic nitrogens is 4. The molecule has 0 spiro atoms. The molecule has 6 heterocycles. The highest BCUT2D eigenvalue weighted by molar-refractivity contribution is 7.13. The van der Waals surface area contributed by atoms with E-state index in [1.54, 1.807) is 71.2 Å². The molecule has 14 rings (SSSR count). The Bertz CT molecular complexity index is 6070. The van der Waals surface area contributed by atoms with E-state index >= 15 is 0 Å². The van der Waals surface area contributed by atoms with Crippen LogP contribution < -0.4 is 31.2 Å². The quantitative estimate of drug-likeness (QED) is 0.0159. The van der Waals surface area contributed by atoms with E-state index in [-0.39, 0.29) is 119 Å². The van der Waals surface area contributed by atoms with E-state index in [1.165, 1.54) is 9.80 Å². The van der Waals surface area contributed by atoms with Crippen LogP contribution in [0.3, 0.4) is 0 Å². The molecule has 5 amide bonds. The van der Waals surface area contributed by atoms with Crippen molar-refractivity contribution in [2.45, 2.75) is 165 Å². The van der Waals surface area contributed by atoms with Crippen molar-refractivity contribution >= 4 is 80.0 Å². The van der Waals surface area contributed by atoms with Gasteiger partial charge in [-0.25, -0.2) is 14.8 Å². The number of aromatic hydroxyl groups is 4. The maximum atomic E-state index is 14.0. The van der Waals surface area contributed by atoms with E-state index in [4.69, 9.17) is 48.7 Å². The summed E-state index contributed by atoms with van der Waals surface area (Å²) in [6, 6.07) is 52.9. The Labute approximate surface area is 825 Å². The predicted molar refractivity (Wildman–Crippen MR) is 541 cm³/mol. The average Bonchev–Trinajstić information content (AvgIpc) is 1.60. The van der Waals surface area contributed by atoms with Crippen LogP contribution in [0, 0.1) is 38.5 Å². The topological polar surface area (TPSA) is 422 Å². The van der Waals surface area contributed by atoms with Gasteiger partial charge in [-0.3, -0.25) is 24.0 Å². The highest BCUT2D eigenvalue weighted by Gasteiger charge is 2.46. The molecule has 0 saturated carbocycles. The zero-order valence-corrected chi connectivity index (χ0v) is 82.3. The number of aliphatic carboxylic acids is 1. The summed E-state index contributed by atoms with van der Waals surface area (Å²) in [6.07, 6.45) is -1.32. The van der Waals surface area contributed by atoms with Gasteiger partial charge < -0.3 is 114 Å². The number of nitrogens with zero attached hydrogens (tertiary/aromatic N) is 6. The van der Waals surface area contributed by atoms with Crippen LogP contribution in [-0.4, -0.2) is 242 Å². The second-order valence-electron chi connectivity index (χ2n) is 36.8. The molecule has 12 N–H and O–H groups in total. The molecule has 4 aromatic heterocycles. The number of carboxylic acids is 1. The van der Waals surface area contributed by atoms with Crippen molar-refractivity contribution in [3.63, 3.8) is 0 Å². The van der Waals surface area contributed by atoms with Crippen molar-refractivity contribution in [1.82, 2.24) is 44.9 Å². The average molecular weight is 1960 g/mol. The van der Waals surface area contributed by atoms with Crippen LogP contribution in [0.4, 0.5) is 0 Å². The van der Waals surface area contributed by atoms with Gasteiger partial charge in [0.1, 0.15) is 79.1 Å². The van der Waals surface area contributed by atoms with Crippen LogP contribution in [-0.2, 0) is 70.3 Å². The number of nitrogens with one attached hydrogen (secondary N) is 3. The normalized spacial score (nSPS) is 15.6. The minimum atomic E-state index is -1.00. The number of phenolic OH excluding ortho intramolecular Hbond substituents is 4. The molecule has 8 aromatic carbocycles. The van der Waals surface area contributed by atoms with Gasteiger partial charge in [0.2, 0.25) is 29.5 Å². The molecule has 0 bridgehead atoms. The Morgan fingerprint density at radius 1 is 0.443 bits per heavy atom. The van der Waals surface area contributed by atoms with Gasteiger partial charge in [0, 0.05) is 60.8 Å². The number of carbonyl (C=O) groups is 6. The van der Waals surface area contributed by atoms with Gasteiger partial charge in [0.15, 0.2) is 0 Å². The van der Waals surface area contributed by atoms with Crippen LogP contribution in [0.25, 0.3) is 65.2 Å². The van der Waals surface area contributed by atoms with Crippen molar-refractivity contribution < 1.29 is 102 Å². The van der Waals surface area contributed by atoms with E-state index in [2.05, 4.69) is 35.1 Å². The lowest BCUT2D eigenvalue weighted by Gasteiger charge is -2.35. The van der Waals surface area contributed by atoms with Crippen molar-refractivity contribution in [3.8, 4) is 77.9 Å². The highest BCUT2D eigenvalue weighted by Crippen LogP contribution is 2.41. The smallest absolute Gasteiger partial charge is 0.329 e. The summed E-state index contributed by atoms with van der Waals surface area (Å²) >= 11 is 3.17. The fraction of sp³-hybridized carbons (Fsp3) is 0.402. The van der Waals surface area contributed by atoms with Crippen LogP contribution in [0.15, 0.2) is 193 Å². The molecule has 0 unspecified atom stereocenters. The molecule has 12 aromatic rings. The minimum Gasteiger partial charge on any atom is -0.508 e. The van der Waals surface area contributed by atoms with Crippen LogP contribution in [0.2, 0.25) is 0 Å². The number of aryl methyl sites for hydroxylation is 4. The fourth-order valence-corrected chi connectivity index (χ4v) is 18.3. The monoisotopic (exact) mass is 1960 g/mol. The number of carbonyl (C=O) groups excluding carboxylic acids is 5. The summed E-state index contributed by atoms with van der Waals surface area (Å²) in [7, 11) is 0. The van der Waals surface area contributed by atoms with Gasteiger partial charge in [-0.1, -0.05) is 122 Å². The summed E-state index contributed by atoms with van der Waals surface area (Å²) in [6.45, 7) is 27.6. The van der Waals surface area contributed by atoms with Crippen molar-refractivity contribution in [2.75, 3.05) is 106 Å². The molecule has 0 radical (unpaired) electrons. The number of hydrogen-bond acceptors (Lipinski definition) is 25. The maximum absolute atomic E-state index is 14.0. The number of aliphatic hydroxyl groups is 2. The third-order valence-electron chi connectivity index (χ3n) is 24.3.